The van der Waals surface area contributed by atoms with E-state index in [0.29, 0.717) is 5.75 Å². The number of rotatable bonds is 5. The van der Waals surface area contributed by atoms with Crippen LogP contribution < -0.4 is 20.3 Å². The Morgan fingerprint density at radius 1 is 1.08 bits per heavy atom. The second-order valence-electron chi connectivity index (χ2n) is 5.85. The lowest BCUT2D eigenvalue weighted by atomic mass is 10.2. The van der Waals surface area contributed by atoms with E-state index >= 15 is 0 Å². The molecule has 1 amide bonds. The minimum Gasteiger partial charge on any atom is -0.484 e. The van der Waals surface area contributed by atoms with Gasteiger partial charge in [0.15, 0.2) is 11.7 Å². The van der Waals surface area contributed by atoms with Crippen molar-refractivity contribution in [3.05, 3.63) is 54.6 Å². The van der Waals surface area contributed by atoms with Crippen molar-refractivity contribution in [2.75, 3.05) is 29.9 Å². The van der Waals surface area contributed by atoms with Crippen LogP contribution in [0.15, 0.2) is 54.6 Å². The highest BCUT2D eigenvalue weighted by atomic mass is 32.1. The molecule has 3 rings (SSSR count). The first-order valence-electron chi connectivity index (χ1n) is 8.34. The summed E-state index contributed by atoms with van der Waals surface area (Å²) in [6.45, 7) is 2.09. The minimum absolute atomic E-state index is 0.0837. The Hall–Kier alpha value is -2.60. The van der Waals surface area contributed by atoms with E-state index < -0.39 is 0 Å². The van der Waals surface area contributed by atoms with Gasteiger partial charge >= 0.3 is 0 Å². The zero-order valence-electron chi connectivity index (χ0n) is 13.9. The third-order valence-corrected chi connectivity index (χ3v) is 4.15. The summed E-state index contributed by atoms with van der Waals surface area (Å²) >= 11 is 5.21. The molecule has 1 saturated heterocycles. The molecule has 1 fully saturated rings. The number of hydrogen-bond donors (Lipinski definition) is 2. The van der Waals surface area contributed by atoms with E-state index in [4.69, 9.17) is 17.0 Å². The van der Waals surface area contributed by atoms with E-state index in [1.165, 1.54) is 18.5 Å². The summed E-state index contributed by atoms with van der Waals surface area (Å²) in [4.78, 5) is 14.3. The molecule has 1 aliphatic heterocycles. The molecule has 0 bridgehead atoms. The van der Waals surface area contributed by atoms with Crippen molar-refractivity contribution >= 4 is 34.6 Å². The minimum atomic E-state index is -0.294. The lowest BCUT2D eigenvalue weighted by Crippen LogP contribution is -2.37. The van der Waals surface area contributed by atoms with Crippen LogP contribution in [-0.4, -0.2) is 30.7 Å². The largest absolute Gasteiger partial charge is 0.484 e. The van der Waals surface area contributed by atoms with Crippen molar-refractivity contribution in [2.24, 2.45) is 0 Å². The zero-order valence-corrected chi connectivity index (χ0v) is 14.7. The summed E-state index contributed by atoms with van der Waals surface area (Å²) in [5.74, 6) is 0.354. The van der Waals surface area contributed by atoms with Gasteiger partial charge in [0.25, 0.3) is 5.91 Å². The molecule has 0 radical (unpaired) electrons. The maximum atomic E-state index is 11.9. The molecule has 0 aromatic heterocycles. The number of benzene rings is 2. The first-order chi connectivity index (χ1) is 12.2. The highest BCUT2D eigenvalue weighted by Crippen LogP contribution is 2.23. The van der Waals surface area contributed by atoms with Crippen molar-refractivity contribution in [1.29, 1.82) is 0 Å². The van der Waals surface area contributed by atoms with Crippen LogP contribution in [0.2, 0.25) is 0 Å². The molecule has 6 heteroatoms. The molecular weight excluding hydrogens is 334 g/mol. The molecule has 0 spiro atoms. The maximum absolute atomic E-state index is 11.9. The van der Waals surface area contributed by atoms with Crippen LogP contribution in [0.3, 0.4) is 0 Å². The fourth-order valence-corrected chi connectivity index (χ4v) is 2.98. The number of nitrogens with zero attached hydrogens (tertiary/aromatic N) is 1. The normalized spacial score (nSPS) is 13.4. The predicted octanol–water partition coefficient (Wildman–Crippen LogP) is 3.18. The van der Waals surface area contributed by atoms with Crippen LogP contribution in [0, 0.1) is 0 Å². The van der Waals surface area contributed by atoms with Gasteiger partial charge in [-0.05, 0) is 55.4 Å². The van der Waals surface area contributed by atoms with E-state index in [9.17, 15) is 4.79 Å². The number of anilines is 2. The van der Waals surface area contributed by atoms with Crippen LogP contribution in [0.4, 0.5) is 11.4 Å². The maximum Gasteiger partial charge on any atom is 0.264 e. The molecule has 5 nitrogen and oxygen atoms in total. The Balaban J connectivity index is 1.48. The number of para-hydroxylation sites is 1. The SMILES string of the molecule is O=C(COc1ccccc1)NC(=S)Nc1cccc(N2CCCC2)c1. The average molecular weight is 355 g/mol. The Morgan fingerprint density at radius 3 is 2.60 bits per heavy atom. The number of carbonyl (C=O) groups is 1. The number of carbonyl (C=O) groups excluding carboxylic acids is 1. The lowest BCUT2D eigenvalue weighted by Gasteiger charge is -2.19. The molecule has 2 N–H and O–H groups in total. The summed E-state index contributed by atoms with van der Waals surface area (Å²) in [6, 6.07) is 17.2. The molecule has 0 unspecified atom stereocenters. The first-order valence-corrected chi connectivity index (χ1v) is 8.75. The van der Waals surface area contributed by atoms with E-state index in [0.717, 1.165) is 18.8 Å². The van der Waals surface area contributed by atoms with Crippen LogP contribution in [0.25, 0.3) is 0 Å². The second kappa shape index (κ2) is 8.48. The molecule has 0 aliphatic carbocycles. The molecule has 2 aromatic carbocycles. The average Bonchev–Trinajstić information content (AvgIpc) is 3.16. The van der Waals surface area contributed by atoms with Gasteiger partial charge in [-0.25, -0.2) is 0 Å². The van der Waals surface area contributed by atoms with E-state index in [1.54, 1.807) is 12.1 Å². The molecule has 0 saturated carbocycles. The fourth-order valence-electron chi connectivity index (χ4n) is 2.75. The van der Waals surface area contributed by atoms with Gasteiger partial charge in [0, 0.05) is 24.5 Å². The van der Waals surface area contributed by atoms with Gasteiger partial charge in [-0.15, -0.1) is 0 Å². The molecule has 1 aliphatic rings. The molecule has 2 aromatic rings. The van der Waals surface area contributed by atoms with Crippen molar-refractivity contribution in [1.82, 2.24) is 5.32 Å². The summed E-state index contributed by atoms with van der Waals surface area (Å²) in [6.07, 6.45) is 2.46. The van der Waals surface area contributed by atoms with Gasteiger partial charge in [0.05, 0.1) is 0 Å². The molecule has 0 atom stereocenters. The van der Waals surface area contributed by atoms with Gasteiger partial charge < -0.3 is 15.0 Å². The molecular formula is C19H21N3O2S. The van der Waals surface area contributed by atoms with Gasteiger partial charge in [-0.2, -0.15) is 0 Å². The van der Waals surface area contributed by atoms with E-state index in [2.05, 4.69) is 21.6 Å². The van der Waals surface area contributed by atoms with Gasteiger partial charge in [-0.1, -0.05) is 24.3 Å². The highest BCUT2D eigenvalue weighted by Gasteiger charge is 2.13. The van der Waals surface area contributed by atoms with Gasteiger partial charge in [-0.3, -0.25) is 10.1 Å². The Bertz CT molecular complexity index is 730. The fraction of sp³-hybridized carbons (Fsp3) is 0.263. The molecule has 1 heterocycles. The zero-order chi connectivity index (χ0) is 17.5. The topological polar surface area (TPSA) is 53.6 Å². The van der Waals surface area contributed by atoms with Crippen molar-refractivity contribution in [3.8, 4) is 5.75 Å². The number of ether oxygens (including phenoxy) is 1. The quantitative estimate of drug-likeness (QED) is 0.807. The standard InChI is InChI=1S/C19H21N3O2S/c23-18(14-24-17-9-2-1-3-10-17)21-19(25)20-15-7-6-8-16(13-15)22-11-4-5-12-22/h1-3,6-10,13H,4-5,11-12,14H2,(H2,20,21,23,25). The number of thiocarbonyl (C=S) groups is 1. The Labute approximate surface area is 153 Å². The van der Waals surface area contributed by atoms with Crippen LogP contribution >= 0.6 is 12.2 Å². The van der Waals surface area contributed by atoms with Crippen LogP contribution in [-0.2, 0) is 4.79 Å². The summed E-state index contributed by atoms with van der Waals surface area (Å²) in [5, 5.41) is 5.95. The number of amides is 1. The van der Waals surface area contributed by atoms with Gasteiger partial charge in [0.1, 0.15) is 5.75 Å². The predicted molar refractivity (Wildman–Crippen MR) is 104 cm³/mol. The second-order valence-corrected chi connectivity index (χ2v) is 6.26. The van der Waals surface area contributed by atoms with E-state index in [1.807, 2.05) is 36.4 Å². The van der Waals surface area contributed by atoms with Gasteiger partial charge in [0.2, 0.25) is 0 Å². The number of hydrogen-bond acceptors (Lipinski definition) is 4. The summed E-state index contributed by atoms with van der Waals surface area (Å²) in [7, 11) is 0. The first kappa shape index (κ1) is 17.2. The third-order valence-electron chi connectivity index (χ3n) is 3.94. The van der Waals surface area contributed by atoms with Crippen molar-refractivity contribution < 1.29 is 9.53 Å². The van der Waals surface area contributed by atoms with Crippen LogP contribution in [0.5, 0.6) is 5.75 Å². The summed E-state index contributed by atoms with van der Waals surface area (Å²) in [5.41, 5.74) is 2.03. The van der Waals surface area contributed by atoms with Crippen molar-refractivity contribution in [3.63, 3.8) is 0 Å². The molecule has 130 valence electrons. The van der Waals surface area contributed by atoms with Crippen LogP contribution in [0.1, 0.15) is 12.8 Å². The Morgan fingerprint density at radius 2 is 1.84 bits per heavy atom. The summed E-state index contributed by atoms with van der Waals surface area (Å²) < 4.78 is 5.40. The van der Waals surface area contributed by atoms with E-state index in [-0.39, 0.29) is 17.6 Å². The third kappa shape index (κ3) is 5.19. The number of nitrogens with one attached hydrogen (secondary N) is 2. The lowest BCUT2D eigenvalue weighted by molar-refractivity contribution is -0.121. The Kier molecular flexibility index (Phi) is 5.85. The highest BCUT2D eigenvalue weighted by molar-refractivity contribution is 7.80. The molecule has 25 heavy (non-hydrogen) atoms. The van der Waals surface area contributed by atoms with Crippen molar-refractivity contribution in [2.45, 2.75) is 12.8 Å². The monoisotopic (exact) mass is 355 g/mol. The smallest absolute Gasteiger partial charge is 0.264 e.